The molecule has 2 aromatic carbocycles. The monoisotopic (exact) mass is 476 g/mol. The van der Waals surface area contributed by atoms with Gasteiger partial charge in [0.25, 0.3) is 0 Å². The average Bonchev–Trinajstić information content (AvgIpc) is 3.45. The molecule has 8 heteroatoms. The number of carbonyl (C=O) groups excluding carboxylic acids is 2. The number of likely N-dealkylation sites (tertiary alicyclic amines) is 1. The van der Waals surface area contributed by atoms with Gasteiger partial charge in [0, 0.05) is 50.4 Å². The molecule has 3 atom stereocenters. The number of hydrogen-bond donors (Lipinski definition) is 2. The predicted molar refractivity (Wildman–Crippen MR) is 132 cm³/mol. The van der Waals surface area contributed by atoms with Gasteiger partial charge < -0.3 is 15.3 Å². The number of nitrogens with zero attached hydrogens (tertiary/aromatic N) is 3. The maximum atomic E-state index is 13.1. The van der Waals surface area contributed by atoms with Crippen molar-refractivity contribution in [2.45, 2.75) is 50.4 Å². The fourth-order valence-corrected chi connectivity index (χ4v) is 5.84. The number of fused-ring (bicyclic) bond motifs is 2. The molecular weight excluding hydrogens is 444 g/mol. The van der Waals surface area contributed by atoms with Crippen LogP contribution in [-0.4, -0.2) is 77.5 Å². The second-order valence-electron chi connectivity index (χ2n) is 9.80. The molecule has 2 fully saturated rings. The second kappa shape index (κ2) is 9.79. The quantitative estimate of drug-likeness (QED) is 0.664. The summed E-state index contributed by atoms with van der Waals surface area (Å²) in [6, 6.07) is 14.9. The van der Waals surface area contributed by atoms with E-state index < -0.39 is 5.97 Å². The van der Waals surface area contributed by atoms with Gasteiger partial charge in [0.2, 0.25) is 11.8 Å². The lowest BCUT2D eigenvalue weighted by Crippen LogP contribution is -2.49. The first-order chi connectivity index (χ1) is 16.9. The number of amides is 2. The zero-order valence-corrected chi connectivity index (χ0v) is 20.0. The highest BCUT2D eigenvalue weighted by atomic mass is 16.4. The molecule has 2 aromatic rings. The third kappa shape index (κ3) is 4.68. The molecular formula is C27H32N4O4. The molecule has 0 radical (unpaired) electrons. The molecule has 0 unspecified atom stereocenters. The van der Waals surface area contributed by atoms with E-state index in [4.69, 9.17) is 5.11 Å². The number of likely N-dealkylation sites (N-methyl/N-ethyl adjacent to an activating group) is 1. The third-order valence-corrected chi connectivity index (χ3v) is 7.82. The number of benzene rings is 2. The van der Waals surface area contributed by atoms with E-state index in [1.54, 1.807) is 12.1 Å². The molecule has 35 heavy (non-hydrogen) atoms. The van der Waals surface area contributed by atoms with Crippen LogP contribution in [0.25, 0.3) is 0 Å². The van der Waals surface area contributed by atoms with Gasteiger partial charge in [-0.3, -0.25) is 19.4 Å². The number of anilines is 1. The van der Waals surface area contributed by atoms with E-state index in [9.17, 15) is 14.4 Å². The Balaban J connectivity index is 1.22. The van der Waals surface area contributed by atoms with Gasteiger partial charge >= 0.3 is 5.97 Å². The van der Waals surface area contributed by atoms with Crippen molar-refractivity contribution in [3.63, 3.8) is 0 Å². The van der Waals surface area contributed by atoms with Crippen molar-refractivity contribution in [3.05, 3.63) is 65.2 Å². The maximum Gasteiger partial charge on any atom is 0.335 e. The van der Waals surface area contributed by atoms with Gasteiger partial charge in [-0.1, -0.05) is 30.3 Å². The normalized spacial score (nSPS) is 24.5. The number of carboxylic acid groups (broad SMARTS) is 1. The van der Waals surface area contributed by atoms with Gasteiger partial charge in [0.15, 0.2) is 0 Å². The first-order valence-electron chi connectivity index (χ1n) is 12.4. The van der Waals surface area contributed by atoms with Crippen LogP contribution in [-0.2, 0) is 22.6 Å². The summed E-state index contributed by atoms with van der Waals surface area (Å²) in [5, 5.41) is 12.2. The summed E-state index contributed by atoms with van der Waals surface area (Å²) in [7, 11) is 2.07. The number of rotatable bonds is 6. The van der Waals surface area contributed by atoms with E-state index in [1.165, 1.54) is 5.56 Å². The molecule has 5 rings (SSSR count). The van der Waals surface area contributed by atoms with E-state index >= 15 is 0 Å². The Bertz CT molecular complexity index is 1120. The van der Waals surface area contributed by atoms with E-state index in [0.29, 0.717) is 25.9 Å². The van der Waals surface area contributed by atoms with Crippen LogP contribution in [0.4, 0.5) is 5.69 Å². The molecule has 3 heterocycles. The molecule has 8 nitrogen and oxygen atoms in total. The van der Waals surface area contributed by atoms with Crippen LogP contribution in [0.1, 0.15) is 40.7 Å². The molecule has 3 aliphatic rings. The van der Waals surface area contributed by atoms with Crippen LogP contribution in [0.3, 0.4) is 0 Å². The minimum Gasteiger partial charge on any atom is -0.478 e. The molecule has 0 spiro atoms. The van der Waals surface area contributed by atoms with Gasteiger partial charge in [-0.2, -0.15) is 0 Å². The molecule has 0 bridgehead atoms. The largest absolute Gasteiger partial charge is 0.478 e. The number of carbonyl (C=O) groups is 3. The van der Waals surface area contributed by atoms with E-state index in [1.807, 2.05) is 35.2 Å². The number of para-hydroxylation sites is 1. The van der Waals surface area contributed by atoms with Crippen molar-refractivity contribution in [1.29, 1.82) is 0 Å². The standard InChI is InChI=1S/C27H32N4O4/c1-29-21(10-11-24(32)31-15-12-19-4-2-3-5-22(19)31)16-28-26(33)25-23(29)13-14-30(25)17-18-6-8-20(9-7-18)27(34)35/h2-9,21,23,25H,10-17H2,1H3,(H,28,33)(H,34,35)/t21-,23+,25-/m0/s1. The van der Waals surface area contributed by atoms with Crippen LogP contribution in [0.15, 0.2) is 48.5 Å². The first kappa shape index (κ1) is 23.5. The highest BCUT2D eigenvalue weighted by Crippen LogP contribution is 2.30. The average molecular weight is 477 g/mol. The van der Waals surface area contributed by atoms with Gasteiger partial charge in [0.05, 0.1) is 5.56 Å². The van der Waals surface area contributed by atoms with E-state index in [2.05, 4.69) is 28.2 Å². The molecule has 2 N–H and O–H groups in total. The van der Waals surface area contributed by atoms with Gasteiger partial charge in [-0.15, -0.1) is 0 Å². The van der Waals surface area contributed by atoms with E-state index in [0.717, 1.165) is 37.2 Å². The summed E-state index contributed by atoms with van der Waals surface area (Å²) in [6.45, 7) is 2.67. The number of nitrogens with one attached hydrogen (secondary N) is 1. The fourth-order valence-electron chi connectivity index (χ4n) is 5.84. The second-order valence-corrected chi connectivity index (χ2v) is 9.80. The minimum absolute atomic E-state index is 0.0313. The van der Waals surface area contributed by atoms with Crippen LogP contribution < -0.4 is 10.2 Å². The lowest BCUT2D eigenvalue weighted by atomic mass is 10.0. The van der Waals surface area contributed by atoms with Crippen LogP contribution in [0, 0.1) is 0 Å². The van der Waals surface area contributed by atoms with Crippen molar-refractivity contribution < 1.29 is 19.5 Å². The summed E-state index contributed by atoms with van der Waals surface area (Å²) >= 11 is 0. The maximum absolute atomic E-state index is 13.1. The molecule has 0 aliphatic carbocycles. The highest BCUT2D eigenvalue weighted by molar-refractivity contribution is 5.95. The smallest absolute Gasteiger partial charge is 0.335 e. The molecule has 2 saturated heterocycles. The highest BCUT2D eigenvalue weighted by Gasteiger charge is 2.45. The van der Waals surface area contributed by atoms with Crippen molar-refractivity contribution in [1.82, 2.24) is 15.1 Å². The van der Waals surface area contributed by atoms with Crippen LogP contribution in [0.5, 0.6) is 0 Å². The SMILES string of the molecule is CN1[C@@H](CCC(=O)N2CCc3ccccc32)CNC(=O)[C@@H]2[C@H]1CCN2Cc1ccc(C(=O)O)cc1. The third-order valence-electron chi connectivity index (χ3n) is 7.82. The molecule has 0 saturated carbocycles. The van der Waals surface area contributed by atoms with Crippen molar-refractivity contribution in [3.8, 4) is 0 Å². The Hall–Kier alpha value is -3.23. The molecule has 3 aliphatic heterocycles. The zero-order valence-electron chi connectivity index (χ0n) is 20.0. The van der Waals surface area contributed by atoms with Crippen LogP contribution in [0.2, 0.25) is 0 Å². The lowest BCUT2D eigenvalue weighted by molar-refractivity contribution is -0.126. The van der Waals surface area contributed by atoms with Crippen LogP contribution >= 0.6 is 0 Å². The number of aromatic carboxylic acids is 1. The summed E-state index contributed by atoms with van der Waals surface area (Å²) < 4.78 is 0. The lowest BCUT2D eigenvalue weighted by Gasteiger charge is -2.33. The topological polar surface area (TPSA) is 93.2 Å². The first-order valence-corrected chi connectivity index (χ1v) is 12.4. The predicted octanol–water partition coefficient (Wildman–Crippen LogP) is 2.13. The summed E-state index contributed by atoms with van der Waals surface area (Å²) in [5.41, 5.74) is 3.51. The van der Waals surface area contributed by atoms with Crippen molar-refractivity contribution >= 4 is 23.5 Å². The zero-order chi connectivity index (χ0) is 24.5. The Labute approximate surface area is 205 Å². The van der Waals surface area contributed by atoms with Gasteiger partial charge in [0.1, 0.15) is 6.04 Å². The number of hydrogen-bond acceptors (Lipinski definition) is 5. The van der Waals surface area contributed by atoms with Gasteiger partial charge in [-0.05, 0) is 55.6 Å². The Morgan fingerprint density at radius 1 is 1.09 bits per heavy atom. The van der Waals surface area contributed by atoms with Gasteiger partial charge in [-0.25, -0.2) is 4.79 Å². The Morgan fingerprint density at radius 3 is 2.63 bits per heavy atom. The Kier molecular flexibility index (Phi) is 6.58. The fraction of sp³-hybridized carbons (Fsp3) is 0.444. The minimum atomic E-state index is -0.943. The Morgan fingerprint density at radius 2 is 1.86 bits per heavy atom. The van der Waals surface area contributed by atoms with Crippen molar-refractivity contribution in [2.24, 2.45) is 0 Å². The van der Waals surface area contributed by atoms with Crippen molar-refractivity contribution in [2.75, 3.05) is 31.6 Å². The summed E-state index contributed by atoms with van der Waals surface area (Å²) in [4.78, 5) is 43.6. The molecule has 0 aromatic heterocycles. The van der Waals surface area contributed by atoms with E-state index in [-0.39, 0.29) is 35.5 Å². The summed E-state index contributed by atoms with van der Waals surface area (Å²) in [5.74, 6) is -0.766. The molecule has 184 valence electrons. The molecule has 2 amide bonds. The summed E-state index contributed by atoms with van der Waals surface area (Å²) in [6.07, 6.45) is 2.94. The number of carboxylic acids is 1.